The normalized spacial score (nSPS) is 12.9. The number of carboxylic acid groups (broad SMARTS) is 1. The Morgan fingerprint density at radius 2 is 1.48 bits per heavy atom. The predicted octanol–water partition coefficient (Wildman–Crippen LogP) is 6.69. The number of aliphatic carboxylic acids is 1. The van der Waals surface area contributed by atoms with Crippen LogP contribution in [0, 0.1) is 5.41 Å². The van der Waals surface area contributed by atoms with Crippen molar-refractivity contribution in [2.24, 2.45) is 5.41 Å². The zero-order valence-electron chi connectivity index (χ0n) is 26.3. The Bertz CT molecular complexity index is 1150. The first-order valence-corrected chi connectivity index (χ1v) is 15.2. The number of unbranched alkanes of at least 4 members (excludes halogenated alkanes) is 1. The van der Waals surface area contributed by atoms with E-state index in [1.54, 1.807) is 26.0 Å². The van der Waals surface area contributed by atoms with Crippen molar-refractivity contribution in [2.75, 3.05) is 13.2 Å². The van der Waals surface area contributed by atoms with Gasteiger partial charge in [-0.05, 0) is 57.1 Å². The van der Waals surface area contributed by atoms with Crippen LogP contribution in [-0.4, -0.2) is 53.2 Å². The highest BCUT2D eigenvalue weighted by atomic mass is 16.6. The largest absolute Gasteiger partial charge is 0.481 e. The first-order chi connectivity index (χ1) is 21.2. The highest BCUT2D eigenvalue weighted by Gasteiger charge is 2.40. The lowest BCUT2D eigenvalue weighted by Crippen LogP contribution is -2.49. The summed E-state index contributed by atoms with van der Waals surface area (Å²) >= 11 is 0. The molecule has 0 fully saturated rings. The SMILES string of the molecule is CC/C=C\C/C=C\C/C=C\C/C=C\C/C=C\CCCC(=O)OCC(C)(C)C(OC(=O)c1ccccn1)C(=O)NCCC(=O)O. The smallest absolute Gasteiger partial charge is 0.357 e. The highest BCUT2D eigenvalue weighted by molar-refractivity contribution is 5.91. The van der Waals surface area contributed by atoms with Gasteiger partial charge in [0.2, 0.25) is 0 Å². The molecule has 0 aliphatic carbocycles. The Labute approximate surface area is 261 Å². The van der Waals surface area contributed by atoms with Gasteiger partial charge in [0.15, 0.2) is 6.10 Å². The second kappa shape index (κ2) is 23.2. The summed E-state index contributed by atoms with van der Waals surface area (Å²) in [6, 6.07) is 4.70. The lowest BCUT2D eigenvalue weighted by atomic mass is 9.86. The first kappa shape index (κ1) is 37.8. The summed E-state index contributed by atoms with van der Waals surface area (Å²) < 4.78 is 10.9. The van der Waals surface area contributed by atoms with Crippen LogP contribution in [0.3, 0.4) is 0 Å². The van der Waals surface area contributed by atoms with Crippen molar-refractivity contribution in [1.82, 2.24) is 10.3 Å². The number of nitrogens with zero attached hydrogens (tertiary/aromatic N) is 1. The Balaban J connectivity index is 2.43. The second-order valence-electron chi connectivity index (χ2n) is 10.7. The van der Waals surface area contributed by atoms with Crippen LogP contribution in [0.2, 0.25) is 0 Å². The number of pyridine rings is 1. The van der Waals surface area contributed by atoms with E-state index in [1.165, 1.54) is 12.3 Å². The van der Waals surface area contributed by atoms with Crippen LogP contribution in [0.4, 0.5) is 0 Å². The fourth-order valence-electron chi connectivity index (χ4n) is 3.75. The van der Waals surface area contributed by atoms with E-state index >= 15 is 0 Å². The topological polar surface area (TPSA) is 132 Å². The quantitative estimate of drug-likeness (QED) is 0.0846. The van der Waals surface area contributed by atoms with Crippen molar-refractivity contribution in [3.8, 4) is 0 Å². The van der Waals surface area contributed by atoms with E-state index in [4.69, 9.17) is 14.6 Å². The van der Waals surface area contributed by atoms with Crippen molar-refractivity contribution in [3.63, 3.8) is 0 Å². The van der Waals surface area contributed by atoms with Crippen molar-refractivity contribution in [3.05, 3.63) is 90.9 Å². The standard InChI is InChI=1S/C35H48N2O7/c1-4-5-6-7-8-9-10-11-12-13-14-15-16-17-18-19-20-24-31(40)43-28-35(2,3)32(33(41)37-27-25-30(38)39)44-34(42)29-23-21-22-26-36-29/h5-6,8-9,11-12,14-15,17-18,21-23,26,32H,4,7,10,13,16,19-20,24-25,27-28H2,1-3H3,(H,37,41)(H,38,39)/b6-5-,9-8-,12-11-,15-14-,18-17-. The number of allylic oxidation sites excluding steroid dienone is 10. The number of esters is 2. The third kappa shape index (κ3) is 18.3. The molecule has 0 saturated carbocycles. The Kier molecular flexibility index (Phi) is 19.9. The third-order valence-corrected chi connectivity index (χ3v) is 6.20. The number of carbonyl (C=O) groups excluding carboxylic acids is 3. The molecule has 1 aromatic rings. The number of hydrogen-bond donors (Lipinski definition) is 2. The molecule has 0 aliphatic heterocycles. The van der Waals surface area contributed by atoms with Crippen LogP contribution in [-0.2, 0) is 23.9 Å². The number of nitrogens with one attached hydrogen (secondary N) is 1. The number of carbonyl (C=O) groups is 4. The van der Waals surface area contributed by atoms with Crippen LogP contribution in [0.25, 0.3) is 0 Å². The molecule has 9 nitrogen and oxygen atoms in total. The maximum Gasteiger partial charge on any atom is 0.357 e. The third-order valence-electron chi connectivity index (χ3n) is 6.20. The monoisotopic (exact) mass is 608 g/mol. The van der Waals surface area contributed by atoms with Gasteiger partial charge in [-0.3, -0.25) is 14.4 Å². The molecule has 0 aromatic carbocycles. The van der Waals surface area contributed by atoms with Crippen molar-refractivity contribution in [2.45, 2.75) is 84.7 Å². The number of carboxylic acids is 1. The van der Waals surface area contributed by atoms with E-state index in [-0.39, 0.29) is 31.7 Å². The van der Waals surface area contributed by atoms with E-state index < -0.39 is 35.3 Å². The molecule has 240 valence electrons. The molecular weight excluding hydrogens is 560 g/mol. The Morgan fingerprint density at radius 3 is 2.02 bits per heavy atom. The van der Waals surface area contributed by atoms with Crippen LogP contribution >= 0.6 is 0 Å². The van der Waals surface area contributed by atoms with Crippen LogP contribution in [0.5, 0.6) is 0 Å². The van der Waals surface area contributed by atoms with Gasteiger partial charge in [-0.2, -0.15) is 0 Å². The maximum absolute atomic E-state index is 12.9. The Morgan fingerprint density at radius 1 is 0.886 bits per heavy atom. The molecule has 1 heterocycles. The van der Waals surface area contributed by atoms with Gasteiger partial charge in [-0.15, -0.1) is 0 Å². The molecule has 0 bridgehead atoms. The first-order valence-electron chi connectivity index (χ1n) is 15.2. The summed E-state index contributed by atoms with van der Waals surface area (Å²) in [5, 5.41) is 11.3. The average Bonchev–Trinajstić information content (AvgIpc) is 3.00. The van der Waals surface area contributed by atoms with Crippen molar-refractivity contribution in [1.29, 1.82) is 0 Å². The fraction of sp³-hybridized carbons (Fsp3) is 0.457. The average molecular weight is 609 g/mol. The summed E-state index contributed by atoms with van der Waals surface area (Å²) in [6.45, 7) is 5.06. The van der Waals surface area contributed by atoms with Crippen molar-refractivity contribution >= 4 is 23.8 Å². The molecule has 2 N–H and O–H groups in total. The molecule has 44 heavy (non-hydrogen) atoms. The molecule has 1 unspecified atom stereocenters. The maximum atomic E-state index is 12.9. The summed E-state index contributed by atoms with van der Waals surface area (Å²) in [4.78, 5) is 52.6. The number of ether oxygens (including phenoxy) is 2. The summed E-state index contributed by atoms with van der Waals surface area (Å²) in [5.74, 6) is -3.01. The second-order valence-corrected chi connectivity index (χ2v) is 10.7. The minimum atomic E-state index is -1.35. The van der Waals surface area contributed by atoms with E-state index in [2.05, 4.69) is 71.9 Å². The molecule has 1 amide bonds. The number of rotatable bonds is 22. The lowest BCUT2D eigenvalue weighted by molar-refractivity contribution is -0.153. The number of hydrogen-bond acceptors (Lipinski definition) is 7. The summed E-state index contributed by atoms with van der Waals surface area (Å²) in [5.41, 5.74) is -1.09. The van der Waals surface area contributed by atoms with Crippen LogP contribution in [0.15, 0.2) is 85.2 Å². The fourth-order valence-corrected chi connectivity index (χ4v) is 3.75. The van der Waals surface area contributed by atoms with Gasteiger partial charge in [0, 0.05) is 24.6 Å². The van der Waals surface area contributed by atoms with E-state index in [1.807, 2.05) is 6.08 Å². The van der Waals surface area contributed by atoms with E-state index in [0.29, 0.717) is 6.42 Å². The molecule has 0 aliphatic rings. The zero-order chi connectivity index (χ0) is 32.5. The summed E-state index contributed by atoms with van der Waals surface area (Å²) in [7, 11) is 0. The molecular formula is C35H48N2O7. The number of aromatic nitrogens is 1. The molecule has 1 rings (SSSR count). The molecule has 1 aromatic heterocycles. The van der Waals surface area contributed by atoms with Gasteiger partial charge in [-0.1, -0.05) is 87.6 Å². The van der Waals surface area contributed by atoms with Crippen molar-refractivity contribution < 1.29 is 33.8 Å². The predicted molar refractivity (Wildman–Crippen MR) is 172 cm³/mol. The Hall–Kier alpha value is -4.27. The van der Waals surface area contributed by atoms with Gasteiger partial charge in [0.1, 0.15) is 12.3 Å². The zero-order valence-corrected chi connectivity index (χ0v) is 26.3. The lowest BCUT2D eigenvalue weighted by Gasteiger charge is -2.32. The minimum absolute atomic E-state index is 0.0127. The van der Waals surface area contributed by atoms with Gasteiger partial charge in [0.05, 0.1) is 6.42 Å². The van der Waals surface area contributed by atoms with Gasteiger partial charge in [-0.25, -0.2) is 9.78 Å². The van der Waals surface area contributed by atoms with Gasteiger partial charge in [0.25, 0.3) is 5.91 Å². The van der Waals surface area contributed by atoms with Gasteiger partial charge >= 0.3 is 17.9 Å². The number of amides is 1. The van der Waals surface area contributed by atoms with Crippen LogP contribution < -0.4 is 5.32 Å². The molecule has 0 saturated heterocycles. The summed E-state index contributed by atoms with van der Waals surface area (Å²) in [6.07, 6.45) is 27.4. The van der Waals surface area contributed by atoms with E-state index in [9.17, 15) is 19.2 Å². The molecule has 0 spiro atoms. The minimum Gasteiger partial charge on any atom is -0.481 e. The molecule has 0 radical (unpaired) electrons. The molecule has 9 heteroatoms. The van der Waals surface area contributed by atoms with E-state index in [0.717, 1.165) is 38.5 Å². The molecule has 1 atom stereocenters. The highest BCUT2D eigenvalue weighted by Crippen LogP contribution is 2.26. The van der Waals surface area contributed by atoms with Crippen LogP contribution in [0.1, 0.15) is 89.0 Å². The van der Waals surface area contributed by atoms with Gasteiger partial charge < -0.3 is 19.9 Å².